The van der Waals surface area contributed by atoms with Crippen LogP contribution in [-0.2, 0) is 11.2 Å². The lowest BCUT2D eigenvalue weighted by atomic mass is 10.1. The van der Waals surface area contributed by atoms with Crippen molar-refractivity contribution in [3.8, 4) is 0 Å². The second-order valence-electron chi connectivity index (χ2n) is 4.91. The van der Waals surface area contributed by atoms with Crippen molar-refractivity contribution in [1.29, 1.82) is 0 Å². The maximum Gasteiger partial charge on any atom is 0.305 e. The molecule has 6 heteroatoms. The van der Waals surface area contributed by atoms with Crippen LogP contribution in [0.1, 0.15) is 35.7 Å². The second-order valence-corrected chi connectivity index (χ2v) is 4.91. The quantitative estimate of drug-likeness (QED) is 0.561. The minimum atomic E-state index is -1.13. The van der Waals surface area contributed by atoms with E-state index in [4.69, 9.17) is 5.11 Å². The zero-order valence-electron chi connectivity index (χ0n) is 12.0. The number of benzene rings is 1. The van der Waals surface area contributed by atoms with E-state index in [-0.39, 0.29) is 18.9 Å². The number of aliphatic hydroxyl groups is 2. The van der Waals surface area contributed by atoms with Crippen LogP contribution in [0.3, 0.4) is 0 Å². The number of rotatable bonds is 8. The Kier molecular flexibility index (Phi) is 6.84. The third-order valence-corrected chi connectivity index (χ3v) is 3.05. The van der Waals surface area contributed by atoms with Gasteiger partial charge >= 0.3 is 5.97 Å². The number of aliphatic hydroxyl groups excluding tert-OH is 2. The Hall–Kier alpha value is -1.92. The molecule has 0 saturated carbocycles. The maximum absolute atomic E-state index is 11.9. The molecule has 0 bridgehead atoms. The molecule has 0 saturated heterocycles. The molecule has 0 aromatic heterocycles. The first kappa shape index (κ1) is 17.1. The minimum Gasteiger partial charge on any atom is -0.481 e. The summed E-state index contributed by atoms with van der Waals surface area (Å²) in [5.74, 6) is -1.44. The number of carboxylic acid groups (broad SMARTS) is 1. The zero-order chi connectivity index (χ0) is 15.8. The smallest absolute Gasteiger partial charge is 0.305 e. The van der Waals surface area contributed by atoms with Gasteiger partial charge in [-0.15, -0.1) is 0 Å². The van der Waals surface area contributed by atoms with Crippen molar-refractivity contribution in [2.75, 3.05) is 6.54 Å². The first-order valence-corrected chi connectivity index (χ1v) is 6.87. The molecular weight excluding hydrogens is 274 g/mol. The van der Waals surface area contributed by atoms with E-state index in [9.17, 15) is 19.8 Å². The Morgan fingerprint density at radius 3 is 2.57 bits per heavy atom. The fraction of sp³-hybridized carbons (Fsp3) is 0.467. The molecule has 1 amide bonds. The fourth-order valence-electron chi connectivity index (χ4n) is 1.93. The van der Waals surface area contributed by atoms with Crippen LogP contribution in [0.5, 0.6) is 0 Å². The first-order valence-electron chi connectivity index (χ1n) is 6.87. The SMILES string of the molecule is CCc1cccc(C(=O)NC[C@@H](O)C[C@@H](O)CC(=O)O)c1. The molecule has 116 valence electrons. The molecule has 2 atom stereocenters. The van der Waals surface area contributed by atoms with Crippen LogP contribution in [0.2, 0.25) is 0 Å². The van der Waals surface area contributed by atoms with E-state index in [0.29, 0.717) is 5.56 Å². The summed E-state index contributed by atoms with van der Waals surface area (Å²) >= 11 is 0. The maximum atomic E-state index is 11.9. The van der Waals surface area contributed by atoms with Crippen LogP contribution >= 0.6 is 0 Å². The highest BCUT2D eigenvalue weighted by atomic mass is 16.4. The number of hydrogen-bond acceptors (Lipinski definition) is 4. The number of amides is 1. The average Bonchev–Trinajstić information content (AvgIpc) is 2.43. The largest absolute Gasteiger partial charge is 0.481 e. The van der Waals surface area contributed by atoms with Gasteiger partial charge in [-0.25, -0.2) is 0 Å². The van der Waals surface area contributed by atoms with Gasteiger partial charge in [0.2, 0.25) is 0 Å². The molecule has 0 aliphatic heterocycles. The molecule has 0 fully saturated rings. The van der Waals surface area contributed by atoms with Crippen molar-refractivity contribution in [2.24, 2.45) is 0 Å². The summed E-state index contributed by atoms with van der Waals surface area (Å²) in [5, 5.41) is 30.1. The molecule has 0 spiro atoms. The van der Waals surface area contributed by atoms with Gasteiger partial charge < -0.3 is 20.6 Å². The van der Waals surface area contributed by atoms with Crippen molar-refractivity contribution in [2.45, 2.75) is 38.4 Å². The van der Waals surface area contributed by atoms with Gasteiger partial charge in [-0.1, -0.05) is 19.1 Å². The Bertz CT molecular complexity index is 489. The third-order valence-electron chi connectivity index (χ3n) is 3.05. The summed E-state index contributed by atoms with van der Waals surface area (Å²) in [6, 6.07) is 7.18. The Morgan fingerprint density at radius 2 is 1.95 bits per heavy atom. The highest BCUT2D eigenvalue weighted by molar-refractivity contribution is 5.94. The molecule has 0 unspecified atom stereocenters. The van der Waals surface area contributed by atoms with Crippen molar-refractivity contribution in [3.63, 3.8) is 0 Å². The molecular formula is C15H21NO5. The fourth-order valence-corrected chi connectivity index (χ4v) is 1.93. The first-order chi connectivity index (χ1) is 9.92. The molecule has 21 heavy (non-hydrogen) atoms. The Morgan fingerprint density at radius 1 is 1.24 bits per heavy atom. The highest BCUT2D eigenvalue weighted by Crippen LogP contribution is 2.06. The molecule has 0 aliphatic carbocycles. The van der Waals surface area contributed by atoms with E-state index >= 15 is 0 Å². The second kappa shape index (κ2) is 8.39. The topological polar surface area (TPSA) is 107 Å². The van der Waals surface area contributed by atoms with E-state index in [1.807, 2.05) is 13.0 Å². The van der Waals surface area contributed by atoms with Crippen molar-refractivity contribution >= 4 is 11.9 Å². The van der Waals surface area contributed by atoms with Crippen LogP contribution in [0, 0.1) is 0 Å². The summed E-state index contributed by atoms with van der Waals surface area (Å²) in [6.45, 7) is 1.95. The van der Waals surface area contributed by atoms with Crippen molar-refractivity contribution < 1.29 is 24.9 Å². The number of aryl methyl sites for hydroxylation is 1. The van der Waals surface area contributed by atoms with Gasteiger partial charge in [0.25, 0.3) is 5.91 Å². The van der Waals surface area contributed by atoms with Crippen LogP contribution in [-0.4, -0.2) is 45.9 Å². The minimum absolute atomic E-state index is 0.0358. The van der Waals surface area contributed by atoms with Gasteiger partial charge in [-0.05, 0) is 24.1 Å². The molecule has 1 aromatic carbocycles. The lowest BCUT2D eigenvalue weighted by molar-refractivity contribution is -0.139. The molecule has 0 heterocycles. The van der Waals surface area contributed by atoms with Crippen LogP contribution < -0.4 is 5.32 Å². The predicted molar refractivity (Wildman–Crippen MR) is 77.0 cm³/mol. The van der Waals surface area contributed by atoms with Gasteiger partial charge in [0.15, 0.2) is 0 Å². The molecule has 1 aromatic rings. The van der Waals surface area contributed by atoms with Gasteiger partial charge in [0.05, 0.1) is 18.6 Å². The van der Waals surface area contributed by atoms with E-state index in [2.05, 4.69) is 5.32 Å². The Labute approximate surface area is 123 Å². The molecule has 4 N–H and O–H groups in total. The van der Waals surface area contributed by atoms with E-state index in [0.717, 1.165) is 12.0 Å². The number of aliphatic carboxylic acids is 1. The van der Waals surface area contributed by atoms with Crippen LogP contribution in [0.25, 0.3) is 0 Å². The van der Waals surface area contributed by atoms with E-state index in [1.54, 1.807) is 18.2 Å². The molecule has 0 radical (unpaired) electrons. The predicted octanol–water partition coefficient (Wildman–Crippen LogP) is 0.565. The lowest BCUT2D eigenvalue weighted by Crippen LogP contribution is -2.34. The van der Waals surface area contributed by atoms with Crippen LogP contribution in [0.15, 0.2) is 24.3 Å². The number of carbonyl (C=O) groups is 2. The van der Waals surface area contributed by atoms with Crippen LogP contribution in [0.4, 0.5) is 0 Å². The standard InChI is InChI=1S/C15H21NO5/c1-2-10-4-3-5-11(6-10)15(21)16-9-13(18)7-12(17)8-14(19)20/h3-6,12-13,17-18H,2,7-9H2,1H3,(H,16,21)(H,19,20)/t12-,13+/m1/s1. The van der Waals surface area contributed by atoms with Gasteiger partial charge in [0.1, 0.15) is 0 Å². The van der Waals surface area contributed by atoms with E-state index in [1.165, 1.54) is 0 Å². The summed E-state index contributed by atoms with van der Waals surface area (Å²) in [4.78, 5) is 22.3. The number of carbonyl (C=O) groups excluding carboxylic acids is 1. The van der Waals surface area contributed by atoms with Crippen molar-refractivity contribution in [3.05, 3.63) is 35.4 Å². The normalized spacial score (nSPS) is 13.5. The highest BCUT2D eigenvalue weighted by Gasteiger charge is 2.16. The number of carboxylic acids is 1. The van der Waals surface area contributed by atoms with Gasteiger partial charge in [-0.3, -0.25) is 9.59 Å². The number of hydrogen-bond donors (Lipinski definition) is 4. The molecule has 0 aliphatic rings. The van der Waals surface area contributed by atoms with Crippen molar-refractivity contribution in [1.82, 2.24) is 5.32 Å². The lowest BCUT2D eigenvalue weighted by Gasteiger charge is -2.15. The summed E-state index contributed by atoms with van der Waals surface area (Å²) in [6.07, 6.45) is -1.81. The molecule has 1 rings (SSSR count). The van der Waals surface area contributed by atoms with E-state index < -0.39 is 24.6 Å². The van der Waals surface area contributed by atoms with Gasteiger partial charge in [-0.2, -0.15) is 0 Å². The third kappa shape index (κ3) is 6.37. The Balaban J connectivity index is 2.43. The molecule has 6 nitrogen and oxygen atoms in total. The average molecular weight is 295 g/mol. The summed E-state index contributed by atoms with van der Waals surface area (Å²) in [7, 11) is 0. The number of nitrogens with one attached hydrogen (secondary N) is 1. The zero-order valence-corrected chi connectivity index (χ0v) is 12.0. The monoisotopic (exact) mass is 295 g/mol. The van der Waals surface area contributed by atoms with Gasteiger partial charge in [0, 0.05) is 18.5 Å². The summed E-state index contributed by atoms with van der Waals surface area (Å²) in [5.41, 5.74) is 1.55. The summed E-state index contributed by atoms with van der Waals surface area (Å²) < 4.78 is 0.